The average Bonchev–Trinajstić information content (AvgIpc) is 2.61. The van der Waals surface area contributed by atoms with Crippen molar-refractivity contribution in [1.29, 1.82) is 0 Å². The second kappa shape index (κ2) is 15.9. The van der Waals surface area contributed by atoms with E-state index in [4.69, 9.17) is 41.6 Å². The van der Waals surface area contributed by atoms with Crippen molar-refractivity contribution in [2.75, 3.05) is 0 Å². The Kier molecular flexibility index (Phi) is 17.4. The fourth-order valence-corrected chi connectivity index (χ4v) is 2.25. The van der Waals surface area contributed by atoms with Crippen LogP contribution in [0.5, 0.6) is 0 Å². The molecule has 2 unspecified atom stereocenters. The molecule has 8 radical (unpaired) electrons. The number of rotatable bonds is 10. The average molecular weight is 416 g/mol. The molecule has 0 aliphatic rings. The summed E-state index contributed by atoms with van der Waals surface area (Å²) in [6, 6.07) is -1.06. The lowest BCUT2D eigenvalue weighted by Crippen LogP contribution is -2.55. The SMILES string of the molecule is CC.[B]C(CC(C)C)(NC(C)=O)C(=O)O.[B]CC([B])(C[B])CC(NC(C)=O)C(=O)O. The Labute approximate surface area is 185 Å². The molecule has 0 saturated heterocycles. The largest absolute Gasteiger partial charge is 0.480 e. The Morgan fingerprint density at radius 2 is 1.33 bits per heavy atom. The summed E-state index contributed by atoms with van der Waals surface area (Å²) < 4.78 is 0. The molecule has 30 heavy (non-hydrogen) atoms. The van der Waals surface area contributed by atoms with Crippen LogP contribution in [0, 0.1) is 5.92 Å². The van der Waals surface area contributed by atoms with E-state index in [1.165, 1.54) is 13.8 Å². The molecule has 0 spiro atoms. The van der Waals surface area contributed by atoms with Gasteiger partial charge in [-0.2, -0.15) is 0 Å². The van der Waals surface area contributed by atoms with Gasteiger partial charge >= 0.3 is 11.9 Å². The van der Waals surface area contributed by atoms with Crippen LogP contribution < -0.4 is 10.6 Å². The van der Waals surface area contributed by atoms with Crippen LogP contribution in [0.3, 0.4) is 0 Å². The predicted molar refractivity (Wildman–Crippen MR) is 120 cm³/mol. The number of carbonyl (C=O) groups excluding carboxylic acids is 2. The highest BCUT2D eigenvalue weighted by atomic mass is 16.4. The van der Waals surface area contributed by atoms with Crippen molar-refractivity contribution >= 4 is 55.1 Å². The van der Waals surface area contributed by atoms with Gasteiger partial charge in [-0.15, -0.1) is 0 Å². The lowest BCUT2D eigenvalue weighted by atomic mass is 9.53. The van der Waals surface area contributed by atoms with E-state index in [1.54, 1.807) is 0 Å². The van der Waals surface area contributed by atoms with Gasteiger partial charge in [0, 0.05) is 13.8 Å². The number of carboxylic acid groups (broad SMARTS) is 2. The van der Waals surface area contributed by atoms with E-state index < -0.39 is 40.5 Å². The van der Waals surface area contributed by atoms with Crippen molar-refractivity contribution in [2.45, 2.75) is 83.8 Å². The van der Waals surface area contributed by atoms with Crippen LogP contribution in [0.25, 0.3) is 0 Å². The van der Waals surface area contributed by atoms with Crippen LogP contribution in [0.4, 0.5) is 0 Å². The first kappa shape index (κ1) is 32.8. The van der Waals surface area contributed by atoms with E-state index in [0.717, 1.165) is 0 Å². The molecule has 0 aromatic rings. The van der Waals surface area contributed by atoms with E-state index in [1.807, 2.05) is 27.7 Å². The molecule has 0 rings (SSSR count). The molecule has 162 valence electrons. The van der Waals surface area contributed by atoms with E-state index >= 15 is 0 Å². The molecule has 0 aliphatic carbocycles. The molecule has 0 heterocycles. The number of hydrogen-bond donors (Lipinski definition) is 4. The molecular formula is C18H32B4N2O6. The highest BCUT2D eigenvalue weighted by molar-refractivity contribution is 6.28. The summed E-state index contributed by atoms with van der Waals surface area (Å²) in [5.74, 6) is -3.13. The maximum Gasteiger partial charge on any atom is 0.326 e. The lowest BCUT2D eigenvalue weighted by Gasteiger charge is -2.31. The highest BCUT2D eigenvalue weighted by Gasteiger charge is 2.33. The quantitative estimate of drug-likeness (QED) is 0.386. The summed E-state index contributed by atoms with van der Waals surface area (Å²) >= 11 is 0. The topological polar surface area (TPSA) is 133 Å². The third-order valence-corrected chi connectivity index (χ3v) is 3.61. The van der Waals surface area contributed by atoms with E-state index in [-0.39, 0.29) is 31.4 Å². The number of amides is 2. The predicted octanol–water partition coefficient (Wildman–Crippen LogP) is 0.611. The van der Waals surface area contributed by atoms with Crippen LogP contribution in [-0.4, -0.2) is 76.8 Å². The van der Waals surface area contributed by atoms with Crippen LogP contribution >= 0.6 is 0 Å². The van der Waals surface area contributed by atoms with Gasteiger partial charge in [0.05, 0.1) is 29.0 Å². The minimum Gasteiger partial charge on any atom is -0.480 e. The van der Waals surface area contributed by atoms with Gasteiger partial charge in [-0.05, 0) is 18.8 Å². The number of hydrogen-bond acceptors (Lipinski definition) is 4. The second-order valence-corrected chi connectivity index (χ2v) is 7.12. The van der Waals surface area contributed by atoms with Crippen LogP contribution in [0.1, 0.15) is 54.4 Å². The zero-order valence-corrected chi connectivity index (χ0v) is 18.8. The number of aliphatic carboxylic acids is 2. The van der Waals surface area contributed by atoms with Crippen LogP contribution in [0.15, 0.2) is 0 Å². The van der Waals surface area contributed by atoms with E-state index in [9.17, 15) is 19.2 Å². The summed E-state index contributed by atoms with van der Waals surface area (Å²) in [6.45, 7) is 10.2. The first-order valence-corrected chi connectivity index (χ1v) is 9.62. The van der Waals surface area contributed by atoms with Crippen molar-refractivity contribution in [3.63, 3.8) is 0 Å². The molecule has 0 aromatic heterocycles. The van der Waals surface area contributed by atoms with Gasteiger partial charge in [-0.25, -0.2) is 4.79 Å². The Morgan fingerprint density at radius 1 is 0.900 bits per heavy atom. The lowest BCUT2D eigenvalue weighted by molar-refractivity contribution is -0.144. The maximum atomic E-state index is 10.8. The molecule has 12 heteroatoms. The number of carboxylic acids is 2. The molecule has 0 bridgehead atoms. The molecule has 4 N–H and O–H groups in total. The zero-order valence-electron chi connectivity index (χ0n) is 18.8. The van der Waals surface area contributed by atoms with Gasteiger partial charge in [0.1, 0.15) is 13.9 Å². The Bertz CT molecular complexity index is 559. The molecule has 8 nitrogen and oxygen atoms in total. The third kappa shape index (κ3) is 15.0. The molecular weight excluding hydrogens is 383 g/mol. The van der Waals surface area contributed by atoms with Crippen molar-refractivity contribution in [3.05, 3.63) is 0 Å². The van der Waals surface area contributed by atoms with Gasteiger partial charge in [0.2, 0.25) is 11.8 Å². The Hall–Kier alpha value is -1.86. The minimum absolute atomic E-state index is 0.00884. The first-order chi connectivity index (χ1) is 13.6. The minimum atomic E-state index is -1.64. The van der Waals surface area contributed by atoms with Gasteiger partial charge in [-0.3, -0.25) is 14.4 Å². The van der Waals surface area contributed by atoms with Gasteiger partial charge in [-0.1, -0.05) is 45.6 Å². The highest BCUT2D eigenvalue weighted by Crippen LogP contribution is 2.35. The second-order valence-electron chi connectivity index (χ2n) is 7.12. The summed E-state index contributed by atoms with van der Waals surface area (Å²) in [6.07, 6.45) is 0.344. The molecule has 0 fully saturated rings. The van der Waals surface area contributed by atoms with Crippen LogP contribution in [0.2, 0.25) is 18.0 Å². The summed E-state index contributed by atoms with van der Waals surface area (Å²) in [7, 11) is 22.0. The van der Waals surface area contributed by atoms with E-state index in [2.05, 4.69) is 10.6 Å². The first-order valence-electron chi connectivity index (χ1n) is 9.62. The van der Waals surface area contributed by atoms with Crippen molar-refractivity contribution in [2.24, 2.45) is 5.92 Å². The fourth-order valence-electron chi connectivity index (χ4n) is 2.25. The van der Waals surface area contributed by atoms with Crippen molar-refractivity contribution in [3.8, 4) is 0 Å². The number of nitrogens with one attached hydrogen (secondary N) is 2. The Balaban J connectivity index is -0.000000452. The smallest absolute Gasteiger partial charge is 0.326 e. The molecule has 2 atom stereocenters. The van der Waals surface area contributed by atoms with Gasteiger partial charge in [0.25, 0.3) is 0 Å². The molecule has 0 saturated carbocycles. The molecule has 2 amide bonds. The number of carbonyl (C=O) groups is 4. The van der Waals surface area contributed by atoms with Crippen molar-refractivity contribution in [1.82, 2.24) is 10.6 Å². The summed E-state index contributed by atoms with van der Waals surface area (Å²) in [5, 5.41) is 21.1. The normalized spacial score (nSPS) is 13.3. The van der Waals surface area contributed by atoms with E-state index in [0.29, 0.717) is 0 Å². The zero-order chi connectivity index (χ0) is 24.7. The monoisotopic (exact) mass is 416 g/mol. The molecule has 0 aliphatic heterocycles. The van der Waals surface area contributed by atoms with Gasteiger partial charge < -0.3 is 20.8 Å². The fraction of sp³-hybridized carbons (Fsp3) is 0.778. The third-order valence-electron chi connectivity index (χ3n) is 3.61. The standard InChI is InChI=1S/C8H12B3NO3.C8H14BNO3.C2H6/c1-5(13)12-6(7(14)15)2-8(11,3-9)4-10;1-5(2)4-8(9,7(12)13)10-6(3)11;1-2/h6H,2-4H2,1H3,(H,12,13)(H,14,15);5H,4H2,1-3H3,(H,10,11)(H,12,13);1-2H3. The van der Waals surface area contributed by atoms with Crippen LogP contribution in [-0.2, 0) is 19.2 Å². The molecule has 0 aromatic carbocycles. The van der Waals surface area contributed by atoms with Crippen molar-refractivity contribution < 1.29 is 29.4 Å². The Morgan fingerprint density at radius 3 is 1.57 bits per heavy atom. The van der Waals surface area contributed by atoms with Gasteiger partial charge in [0.15, 0.2) is 0 Å². The maximum absolute atomic E-state index is 10.8. The summed E-state index contributed by atoms with van der Waals surface area (Å²) in [5.41, 5.74) is -1.64. The summed E-state index contributed by atoms with van der Waals surface area (Å²) in [4.78, 5) is 43.0.